The van der Waals surface area contributed by atoms with E-state index in [2.05, 4.69) is 98.9 Å². The number of likely N-dealkylation sites (N-methyl/N-ethyl adjacent to an activating group) is 1. The molecule has 0 spiro atoms. The number of hydrogen-bond donors (Lipinski definition) is 1. The van der Waals surface area contributed by atoms with Gasteiger partial charge in [-0.15, -0.1) is 0 Å². The Hall–Kier alpha value is -3.49. The molecule has 396 valence electrons. The quantitative estimate of drug-likeness (QED) is 0.0281. The first-order chi connectivity index (χ1) is 33.6. The summed E-state index contributed by atoms with van der Waals surface area (Å²) >= 11 is 0. The molecular formula is C61H106NO7+. The fourth-order valence-electron chi connectivity index (χ4n) is 7.97. The van der Waals surface area contributed by atoms with Crippen molar-refractivity contribution in [2.75, 3.05) is 41.0 Å². The lowest BCUT2D eigenvalue weighted by atomic mass is 10.0. The van der Waals surface area contributed by atoms with Gasteiger partial charge in [-0.05, 0) is 89.9 Å². The Morgan fingerprint density at radius 3 is 1.20 bits per heavy atom. The Morgan fingerprint density at radius 2 is 0.812 bits per heavy atom. The standard InChI is InChI=1S/C61H105NO7/c1-6-8-10-12-14-16-18-20-22-24-26-28-30-32-34-36-38-40-42-44-46-48-50-52-60(64)69-57(55-67-54-53-58(61(65)66)62(3,4)5)56-68-59(63)51-49-47-45-43-41-39-37-35-33-31-29-27-25-23-21-19-17-15-13-11-9-7-2/h8,10,14-17,20-23,26-29,57-58H,6-7,9,11-13,18-19,24-25,30-56H2,1-5H3/p+1/b10-8+,16-14+,17-15+,22-20+,23-21+,28-26+,29-27+. The van der Waals surface area contributed by atoms with Crippen LogP contribution in [0.1, 0.15) is 232 Å². The summed E-state index contributed by atoms with van der Waals surface area (Å²) in [5.41, 5.74) is 0. The Bertz CT molecular complexity index is 1400. The van der Waals surface area contributed by atoms with E-state index in [-0.39, 0.29) is 36.2 Å². The number of esters is 2. The van der Waals surface area contributed by atoms with E-state index in [1.807, 2.05) is 21.1 Å². The Kier molecular flexibility index (Phi) is 48.3. The van der Waals surface area contributed by atoms with E-state index in [1.54, 1.807) is 0 Å². The van der Waals surface area contributed by atoms with Gasteiger partial charge < -0.3 is 23.8 Å². The first kappa shape index (κ1) is 65.5. The molecule has 0 aromatic rings. The number of aliphatic carboxylic acids is 1. The maximum atomic E-state index is 12.8. The second-order valence-corrected chi connectivity index (χ2v) is 19.8. The van der Waals surface area contributed by atoms with Gasteiger partial charge >= 0.3 is 17.9 Å². The molecule has 0 saturated heterocycles. The van der Waals surface area contributed by atoms with Crippen LogP contribution in [0.4, 0.5) is 0 Å². The molecule has 0 aromatic heterocycles. The molecule has 0 rings (SSSR count). The van der Waals surface area contributed by atoms with Crippen LogP contribution in [0.2, 0.25) is 0 Å². The lowest BCUT2D eigenvalue weighted by Crippen LogP contribution is -2.50. The van der Waals surface area contributed by atoms with Crippen molar-refractivity contribution < 1.29 is 38.2 Å². The van der Waals surface area contributed by atoms with Crippen LogP contribution in [0.15, 0.2) is 85.1 Å². The number of carboxylic acid groups (broad SMARTS) is 1. The van der Waals surface area contributed by atoms with E-state index < -0.39 is 18.1 Å². The van der Waals surface area contributed by atoms with Crippen molar-refractivity contribution in [3.63, 3.8) is 0 Å². The zero-order valence-electron chi connectivity index (χ0n) is 45.2. The van der Waals surface area contributed by atoms with Crippen LogP contribution >= 0.6 is 0 Å². The van der Waals surface area contributed by atoms with Crippen molar-refractivity contribution >= 4 is 17.9 Å². The molecule has 0 heterocycles. The van der Waals surface area contributed by atoms with E-state index in [9.17, 15) is 19.5 Å². The fourth-order valence-corrected chi connectivity index (χ4v) is 7.97. The van der Waals surface area contributed by atoms with Crippen LogP contribution in [0.25, 0.3) is 0 Å². The van der Waals surface area contributed by atoms with Crippen molar-refractivity contribution in [1.29, 1.82) is 0 Å². The van der Waals surface area contributed by atoms with Crippen molar-refractivity contribution in [2.24, 2.45) is 0 Å². The summed E-state index contributed by atoms with van der Waals surface area (Å²) in [7, 11) is 5.54. The van der Waals surface area contributed by atoms with E-state index in [0.29, 0.717) is 19.3 Å². The van der Waals surface area contributed by atoms with E-state index in [1.165, 1.54) is 116 Å². The van der Waals surface area contributed by atoms with Crippen molar-refractivity contribution in [1.82, 2.24) is 0 Å². The molecule has 0 aliphatic rings. The third kappa shape index (κ3) is 49.3. The van der Waals surface area contributed by atoms with Gasteiger partial charge in [0.25, 0.3) is 0 Å². The molecule has 0 fully saturated rings. The molecule has 1 N–H and O–H groups in total. The highest BCUT2D eigenvalue weighted by molar-refractivity contribution is 5.72. The van der Waals surface area contributed by atoms with Gasteiger partial charge in [-0.25, -0.2) is 4.79 Å². The first-order valence-electron chi connectivity index (χ1n) is 28.1. The average Bonchev–Trinajstić information content (AvgIpc) is 3.31. The van der Waals surface area contributed by atoms with Crippen molar-refractivity contribution in [2.45, 2.75) is 244 Å². The maximum Gasteiger partial charge on any atom is 0.362 e. The third-order valence-corrected chi connectivity index (χ3v) is 12.3. The van der Waals surface area contributed by atoms with Gasteiger partial charge in [0.05, 0.1) is 34.4 Å². The zero-order chi connectivity index (χ0) is 50.6. The summed E-state index contributed by atoms with van der Waals surface area (Å²) in [5, 5.41) is 9.68. The predicted octanol–water partition coefficient (Wildman–Crippen LogP) is 16.8. The highest BCUT2D eigenvalue weighted by Crippen LogP contribution is 2.15. The summed E-state index contributed by atoms with van der Waals surface area (Å²) in [5.74, 6) is -1.48. The summed E-state index contributed by atoms with van der Waals surface area (Å²) in [6, 6.07) is -0.621. The van der Waals surface area contributed by atoms with Crippen LogP contribution < -0.4 is 0 Å². The van der Waals surface area contributed by atoms with Crippen LogP contribution in [-0.4, -0.2) is 80.6 Å². The predicted molar refractivity (Wildman–Crippen MR) is 293 cm³/mol. The first-order valence-corrected chi connectivity index (χ1v) is 28.1. The van der Waals surface area contributed by atoms with Gasteiger partial charge in [0.1, 0.15) is 6.61 Å². The molecule has 8 heteroatoms. The number of carbonyl (C=O) groups excluding carboxylic acids is 2. The number of ether oxygens (including phenoxy) is 3. The molecule has 0 amide bonds. The number of hydrogen-bond acceptors (Lipinski definition) is 6. The molecule has 0 aliphatic heterocycles. The Labute approximate surface area is 424 Å². The molecule has 0 radical (unpaired) electrons. The lowest BCUT2D eigenvalue weighted by Gasteiger charge is -2.31. The van der Waals surface area contributed by atoms with E-state index >= 15 is 0 Å². The number of allylic oxidation sites excluding steroid dienone is 14. The maximum absolute atomic E-state index is 12.8. The minimum atomic E-state index is -0.877. The largest absolute Gasteiger partial charge is 0.477 e. The number of rotatable bonds is 50. The summed E-state index contributed by atoms with van der Waals surface area (Å²) in [6.45, 7) is 4.60. The molecular weight excluding hydrogens is 859 g/mol. The van der Waals surface area contributed by atoms with Crippen molar-refractivity contribution in [3.05, 3.63) is 85.1 Å². The number of quaternary nitrogens is 1. The minimum Gasteiger partial charge on any atom is -0.477 e. The summed E-state index contributed by atoms with van der Waals surface area (Å²) in [4.78, 5) is 37.3. The number of nitrogens with zero attached hydrogens (tertiary/aromatic N) is 1. The van der Waals surface area contributed by atoms with Gasteiger partial charge in [-0.3, -0.25) is 9.59 Å². The molecule has 2 atom stereocenters. The molecule has 0 aromatic carbocycles. The van der Waals surface area contributed by atoms with E-state index in [4.69, 9.17) is 14.2 Å². The summed E-state index contributed by atoms with van der Waals surface area (Å²) < 4.78 is 17.4. The van der Waals surface area contributed by atoms with Gasteiger partial charge in [0.15, 0.2) is 12.1 Å². The van der Waals surface area contributed by atoms with E-state index in [0.717, 1.165) is 83.5 Å². The van der Waals surface area contributed by atoms with Gasteiger partial charge in [0.2, 0.25) is 0 Å². The second kappa shape index (κ2) is 50.9. The molecule has 0 aliphatic carbocycles. The average molecular weight is 966 g/mol. The van der Waals surface area contributed by atoms with Crippen molar-refractivity contribution in [3.8, 4) is 0 Å². The SMILES string of the molecule is CC/C=C/C/C=C/C/C=C/C/C=C/CCCCCCCCCCCCC(=O)OC(COCCC(C(=O)O)[N+](C)(C)C)COC(=O)CCCCCCCCCCC/C=C/C/C=C/C/C=C/CCCCC. The smallest absolute Gasteiger partial charge is 0.362 e. The van der Waals surface area contributed by atoms with Gasteiger partial charge in [0, 0.05) is 19.3 Å². The van der Waals surface area contributed by atoms with Gasteiger partial charge in [-0.2, -0.15) is 0 Å². The molecule has 0 saturated carbocycles. The Balaban J connectivity index is 4.22. The van der Waals surface area contributed by atoms with Crippen LogP contribution in [-0.2, 0) is 28.6 Å². The normalized spacial score (nSPS) is 13.5. The number of carboxylic acids is 1. The second-order valence-electron chi connectivity index (χ2n) is 19.8. The Morgan fingerprint density at radius 1 is 0.449 bits per heavy atom. The molecule has 0 bridgehead atoms. The highest BCUT2D eigenvalue weighted by atomic mass is 16.6. The van der Waals surface area contributed by atoms with Crippen LogP contribution in [0.3, 0.4) is 0 Å². The number of carbonyl (C=O) groups is 3. The topological polar surface area (TPSA) is 99.1 Å². The number of unbranched alkanes of at least 4 members (excludes halogenated alkanes) is 22. The van der Waals surface area contributed by atoms with Crippen LogP contribution in [0, 0.1) is 0 Å². The lowest BCUT2D eigenvalue weighted by molar-refractivity contribution is -0.887. The summed E-state index contributed by atoms with van der Waals surface area (Å²) in [6.07, 6.45) is 67.8. The fraction of sp³-hybridized carbons (Fsp3) is 0.721. The monoisotopic (exact) mass is 965 g/mol. The third-order valence-electron chi connectivity index (χ3n) is 12.3. The molecule has 69 heavy (non-hydrogen) atoms. The minimum absolute atomic E-state index is 0.0544. The van der Waals surface area contributed by atoms with Crippen LogP contribution in [0.5, 0.6) is 0 Å². The van der Waals surface area contributed by atoms with Gasteiger partial charge in [-0.1, -0.05) is 208 Å². The highest BCUT2D eigenvalue weighted by Gasteiger charge is 2.31. The molecule has 8 nitrogen and oxygen atoms in total. The zero-order valence-corrected chi connectivity index (χ0v) is 45.2. The molecule has 2 unspecified atom stereocenters.